The summed E-state index contributed by atoms with van der Waals surface area (Å²) < 4.78 is 2.81. The Kier molecular flexibility index (Phi) is 4.49. The summed E-state index contributed by atoms with van der Waals surface area (Å²) in [4.78, 5) is 12.3. The Morgan fingerprint density at radius 1 is 1.40 bits per heavy atom. The Labute approximate surface area is 126 Å². The topological polar surface area (TPSA) is 54.3 Å². The third-order valence-corrected chi connectivity index (χ3v) is 3.45. The standard InChI is InChI=1S/C15H17BrN2O2/c1-3-6-18-9-11(16)8-14(18)15(20)17-13-5-4-12(19)7-10(13)2/h4-5,7-9,19H,3,6H2,1-2H3,(H,17,20). The molecule has 5 heteroatoms. The van der Waals surface area contributed by atoms with Crippen LogP contribution in [-0.4, -0.2) is 15.6 Å². The zero-order valence-corrected chi connectivity index (χ0v) is 13.1. The van der Waals surface area contributed by atoms with Crippen LogP contribution in [0.2, 0.25) is 0 Å². The number of benzene rings is 1. The maximum Gasteiger partial charge on any atom is 0.272 e. The Morgan fingerprint density at radius 3 is 2.80 bits per heavy atom. The normalized spacial score (nSPS) is 10.6. The number of anilines is 1. The number of aromatic hydroxyl groups is 1. The fraction of sp³-hybridized carbons (Fsp3) is 0.267. The molecule has 0 spiro atoms. The van der Waals surface area contributed by atoms with E-state index in [9.17, 15) is 9.90 Å². The van der Waals surface area contributed by atoms with Crippen molar-refractivity contribution in [3.8, 4) is 5.75 Å². The van der Waals surface area contributed by atoms with Crippen molar-refractivity contribution in [3.63, 3.8) is 0 Å². The van der Waals surface area contributed by atoms with Gasteiger partial charge in [-0.1, -0.05) is 6.92 Å². The summed E-state index contributed by atoms with van der Waals surface area (Å²) >= 11 is 3.40. The van der Waals surface area contributed by atoms with Crippen molar-refractivity contribution >= 4 is 27.5 Å². The van der Waals surface area contributed by atoms with E-state index >= 15 is 0 Å². The fourth-order valence-electron chi connectivity index (χ4n) is 2.07. The highest BCUT2D eigenvalue weighted by Crippen LogP contribution is 2.22. The van der Waals surface area contributed by atoms with Crippen LogP contribution in [0.25, 0.3) is 0 Å². The maximum atomic E-state index is 12.3. The van der Waals surface area contributed by atoms with Crippen LogP contribution in [0.3, 0.4) is 0 Å². The molecule has 0 atom stereocenters. The minimum atomic E-state index is -0.155. The van der Waals surface area contributed by atoms with Crippen molar-refractivity contribution in [2.75, 3.05) is 5.32 Å². The van der Waals surface area contributed by atoms with E-state index in [2.05, 4.69) is 28.2 Å². The summed E-state index contributed by atoms with van der Waals surface area (Å²) in [6.07, 6.45) is 2.86. The van der Waals surface area contributed by atoms with Gasteiger partial charge in [-0.25, -0.2) is 0 Å². The highest BCUT2D eigenvalue weighted by Gasteiger charge is 2.13. The van der Waals surface area contributed by atoms with Crippen molar-refractivity contribution in [1.82, 2.24) is 4.57 Å². The number of halogens is 1. The highest BCUT2D eigenvalue weighted by molar-refractivity contribution is 9.10. The number of nitrogens with one attached hydrogen (secondary N) is 1. The molecule has 0 unspecified atom stereocenters. The molecule has 1 heterocycles. The first-order chi connectivity index (χ1) is 9.51. The number of nitrogens with zero attached hydrogens (tertiary/aromatic N) is 1. The van der Waals surface area contributed by atoms with Gasteiger partial charge in [0.2, 0.25) is 0 Å². The lowest BCUT2D eigenvalue weighted by Gasteiger charge is -2.10. The summed E-state index contributed by atoms with van der Waals surface area (Å²) in [5.74, 6) is 0.0375. The molecule has 4 nitrogen and oxygen atoms in total. The van der Waals surface area contributed by atoms with Crippen molar-refractivity contribution in [3.05, 3.63) is 46.2 Å². The molecule has 106 valence electrons. The molecule has 1 amide bonds. The monoisotopic (exact) mass is 336 g/mol. The van der Waals surface area contributed by atoms with Crippen molar-refractivity contribution in [2.24, 2.45) is 0 Å². The number of aromatic nitrogens is 1. The zero-order valence-electron chi connectivity index (χ0n) is 11.5. The molecule has 1 aromatic carbocycles. The molecule has 20 heavy (non-hydrogen) atoms. The fourth-order valence-corrected chi connectivity index (χ4v) is 2.53. The van der Waals surface area contributed by atoms with Crippen LogP contribution >= 0.6 is 15.9 Å². The lowest BCUT2D eigenvalue weighted by atomic mass is 10.2. The number of carbonyl (C=O) groups excluding carboxylic acids is 1. The smallest absolute Gasteiger partial charge is 0.272 e. The van der Waals surface area contributed by atoms with E-state index in [1.807, 2.05) is 17.7 Å². The van der Waals surface area contributed by atoms with Gasteiger partial charge in [-0.05, 0) is 59.1 Å². The van der Waals surface area contributed by atoms with E-state index in [1.165, 1.54) is 0 Å². The van der Waals surface area contributed by atoms with E-state index < -0.39 is 0 Å². The minimum Gasteiger partial charge on any atom is -0.508 e. The van der Waals surface area contributed by atoms with Gasteiger partial charge in [-0.3, -0.25) is 4.79 Å². The van der Waals surface area contributed by atoms with Gasteiger partial charge in [0.1, 0.15) is 11.4 Å². The van der Waals surface area contributed by atoms with Gasteiger partial charge in [-0.15, -0.1) is 0 Å². The van der Waals surface area contributed by atoms with Gasteiger partial charge in [0, 0.05) is 22.9 Å². The second-order valence-electron chi connectivity index (χ2n) is 4.69. The summed E-state index contributed by atoms with van der Waals surface area (Å²) in [6.45, 7) is 4.71. The maximum absolute atomic E-state index is 12.3. The number of carbonyl (C=O) groups is 1. The predicted octanol–water partition coefficient (Wildman–Crippen LogP) is 3.93. The number of hydrogen-bond donors (Lipinski definition) is 2. The number of amides is 1. The van der Waals surface area contributed by atoms with Crippen molar-refractivity contribution in [1.29, 1.82) is 0 Å². The second kappa shape index (κ2) is 6.13. The Morgan fingerprint density at radius 2 is 2.15 bits per heavy atom. The molecule has 2 rings (SSSR count). The van der Waals surface area contributed by atoms with E-state index in [0.717, 1.165) is 23.0 Å². The molecule has 0 saturated carbocycles. The summed E-state index contributed by atoms with van der Waals surface area (Å²) in [6, 6.07) is 6.69. The van der Waals surface area contributed by atoms with Crippen LogP contribution in [0.5, 0.6) is 5.75 Å². The number of phenols is 1. The third-order valence-electron chi connectivity index (χ3n) is 3.02. The van der Waals surface area contributed by atoms with E-state index in [-0.39, 0.29) is 11.7 Å². The first-order valence-electron chi connectivity index (χ1n) is 6.48. The van der Waals surface area contributed by atoms with E-state index in [0.29, 0.717) is 11.4 Å². The van der Waals surface area contributed by atoms with Gasteiger partial charge in [-0.2, -0.15) is 0 Å². The lowest BCUT2D eigenvalue weighted by molar-refractivity contribution is 0.101. The van der Waals surface area contributed by atoms with Gasteiger partial charge < -0.3 is 15.0 Å². The van der Waals surface area contributed by atoms with E-state index in [4.69, 9.17) is 0 Å². The zero-order chi connectivity index (χ0) is 14.7. The summed E-state index contributed by atoms with van der Waals surface area (Å²) in [5, 5.41) is 12.3. The largest absolute Gasteiger partial charge is 0.508 e. The van der Waals surface area contributed by atoms with Crippen molar-refractivity contribution in [2.45, 2.75) is 26.8 Å². The van der Waals surface area contributed by atoms with Gasteiger partial charge in [0.15, 0.2) is 0 Å². The molecule has 0 fully saturated rings. The van der Waals surface area contributed by atoms with Crippen LogP contribution in [0, 0.1) is 6.92 Å². The first kappa shape index (κ1) is 14.7. The summed E-state index contributed by atoms with van der Waals surface area (Å²) in [5.41, 5.74) is 2.14. The molecule has 0 radical (unpaired) electrons. The molecule has 0 saturated heterocycles. The third kappa shape index (κ3) is 3.22. The predicted molar refractivity (Wildman–Crippen MR) is 83.2 cm³/mol. The summed E-state index contributed by atoms with van der Waals surface area (Å²) in [7, 11) is 0. The quantitative estimate of drug-likeness (QED) is 0.831. The Balaban J connectivity index is 2.23. The van der Waals surface area contributed by atoms with E-state index in [1.54, 1.807) is 24.3 Å². The molecule has 0 aliphatic rings. The molecule has 0 aliphatic carbocycles. The van der Waals surface area contributed by atoms with Gasteiger partial charge in [0.25, 0.3) is 5.91 Å². The molecule has 1 aromatic heterocycles. The van der Waals surface area contributed by atoms with Crippen LogP contribution in [0.4, 0.5) is 5.69 Å². The van der Waals surface area contributed by atoms with Crippen LogP contribution in [-0.2, 0) is 6.54 Å². The van der Waals surface area contributed by atoms with Crippen LogP contribution in [0.1, 0.15) is 29.4 Å². The Bertz CT molecular complexity index is 635. The van der Waals surface area contributed by atoms with Crippen molar-refractivity contribution < 1.29 is 9.90 Å². The average Bonchev–Trinajstić information content (AvgIpc) is 2.74. The molecule has 2 N–H and O–H groups in total. The molecular formula is C15H17BrN2O2. The average molecular weight is 337 g/mol. The molecule has 0 bridgehead atoms. The SMILES string of the molecule is CCCn1cc(Br)cc1C(=O)Nc1ccc(O)cc1C. The number of aryl methyl sites for hydroxylation is 2. The second-order valence-corrected chi connectivity index (χ2v) is 5.61. The number of rotatable bonds is 4. The highest BCUT2D eigenvalue weighted by atomic mass is 79.9. The Hall–Kier alpha value is -1.75. The van der Waals surface area contributed by atoms with Crippen LogP contribution < -0.4 is 5.32 Å². The number of hydrogen-bond acceptors (Lipinski definition) is 2. The minimum absolute atomic E-state index is 0.155. The van der Waals surface area contributed by atoms with Gasteiger partial charge >= 0.3 is 0 Å². The molecule has 0 aliphatic heterocycles. The van der Waals surface area contributed by atoms with Crippen LogP contribution in [0.15, 0.2) is 34.9 Å². The molecular weight excluding hydrogens is 320 g/mol. The van der Waals surface area contributed by atoms with Gasteiger partial charge in [0.05, 0.1) is 0 Å². The molecule has 2 aromatic rings. The first-order valence-corrected chi connectivity index (χ1v) is 7.27. The lowest BCUT2D eigenvalue weighted by Crippen LogP contribution is -2.17. The number of phenolic OH excluding ortho intramolecular Hbond substituents is 1.